The van der Waals surface area contributed by atoms with Crippen LogP contribution in [0.5, 0.6) is 0 Å². The summed E-state index contributed by atoms with van der Waals surface area (Å²) in [7, 11) is 0. The summed E-state index contributed by atoms with van der Waals surface area (Å²) >= 11 is 0. The van der Waals surface area contributed by atoms with Crippen molar-refractivity contribution in [1.82, 2.24) is 0 Å². The molecule has 5 nitrogen and oxygen atoms in total. The van der Waals surface area contributed by atoms with Gasteiger partial charge in [-0.05, 0) is 31.9 Å². The van der Waals surface area contributed by atoms with Crippen LogP contribution in [-0.2, 0) is 9.53 Å². The van der Waals surface area contributed by atoms with Gasteiger partial charge in [-0.2, -0.15) is 0 Å². The number of aliphatic carboxylic acids is 1. The second-order valence-electron chi connectivity index (χ2n) is 5.08. The summed E-state index contributed by atoms with van der Waals surface area (Å²) in [6, 6.07) is 7.56. The summed E-state index contributed by atoms with van der Waals surface area (Å²) in [5.41, 5.74) is 1.06. The Hall–Kier alpha value is -2.04. The zero-order valence-electron chi connectivity index (χ0n) is 11.0. The van der Waals surface area contributed by atoms with Crippen molar-refractivity contribution in [1.29, 1.82) is 0 Å². The predicted octanol–water partition coefficient (Wildman–Crippen LogP) is 2.58. The highest BCUT2D eigenvalue weighted by atomic mass is 16.6. The fraction of sp³-hybridized carbons (Fsp3) is 0.429. The predicted molar refractivity (Wildman–Crippen MR) is 70.3 cm³/mol. The van der Waals surface area contributed by atoms with Gasteiger partial charge in [0.15, 0.2) is 0 Å². The number of cyclic esters (lactones) is 1. The van der Waals surface area contributed by atoms with Gasteiger partial charge in [-0.1, -0.05) is 18.2 Å². The Bertz CT molecular complexity index is 514. The van der Waals surface area contributed by atoms with Crippen LogP contribution in [0.25, 0.3) is 0 Å². The molecule has 0 saturated carbocycles. The minimum absolute atomic E-state index is 0.00854. The first-order valence-electron chi connectivity index (χ1n) is 6.19. The number of anilines is 1. The Morgan fingerprint density at radius 3 is 2.79 bits per heavy atom. The lowest BCUT2D eigenvalue weighted by molar-refractivity contribution is -0.138. The molecule has 1 aliphatic rings. The van der Waals surface area contributed by atoms with Crippen LogP contribution in [0.1, 0.15) is 25.3 Å². The normalized spacial score (nSPS) is 22.4. The number of para-hydroxylation sites is 1. The molecule has 0 radical (unpaired) electrons. The smallest absolute Gasteiger partial charge is 0.415 e. The quantitative estimate of drug-likeness (QED) is 0.906. The molecule has 0 aromatic heterocycles. The molecular weight excluding hydrogens is 246 g/mol. The lowest BCUT2D eigenvalue weighted by Crippen LogP contribution is -2.32. The number of carboxylic acids is 1. The minimum Gasteiger partial charge on any atom is -0.481 e. The molecule has 1 N–H and O–H groups in total. The number of benzene rings is 1. The number of hydrogen-bond donors (Lipinski definition) is 1. The van der Waals surface area contributed by atoms with Crippen molar-refractivity contribution in [3.63, 3.8) is 0 Å². The third-order valence-corrected chi connectivity index (χ3v) is 3.32. The standard InChI is InChI=1S/C14H17NO4/c1-10-5-3-4-6-11(10)15-9-14(2,19-13(15)18)8-7-12(16)17/h3-6H,7-9H2,1-2H3,(H,16,17). The third-order valence-electron chi connectivity index (χ3n) is 3.32. The van der Waals surface area contributed by atoms with Gasteiger partial charge in [-0.3, -0.25) is 9.69 Å². The monoisotopic (exact) mass is 263 g/mol. The lowest BCUT2D eigenvalue weighted by atomic mass is 10.00. The largest absolute Gasteiger partial charge is 0.481 e. The summed E-state index contributed by atoms with van der Waals surface area (Å²) in [6.45, 7) is 4.08. The van der Waals surface area contributed by atoms with Crippen LogP contribution in [0.2, 0.25) is 0 Å². The lowest BCUT2D eigenvalue weighted by Gasteiger charge is -2.21. The molecule has 1 aromatic carbocycles. The van der Waals surface area contributed by atoms with Crippen molar-refractivity contribution in [3.05, 3.63) is 29.8 Å². The van der Waals surface area contributed by atoms with Gasteiger partial charge < -0.3 is 9.84 Å². The number of carbonyl (C=O) groups excluding carboxylic acids is 1. The first-order valence-corrected chi connectivity index (χ1v) is 6.19. The molecular formula is C14H17NO4. The van der Waals surface area contributed by atoms with Gasteiger partial charge in [0.2, 0.25) is 0 Å². The molecule has 102 valence electrons. The third kappa shape index (κ3) is 2.86. The molecule has 1 atom stereocenters. The van der Waals surface area contributed by atoms with Crippen molar-refractivity contribution >= 4 is 17.7 Å². The van der Waals surface area contributed by atoms with Gasteiger partial charge in [-0.15, -0.1) is 0 Å². The Morgan fingerprint density at radius 1 is 1.47 bits per heavy atom. The van der Waals surface area contributed by atoms with E-state index in [1.165, 1.54) is 0 Å². The van der Waals surface area contributed by atoms with Crippen LogP contribution in [0.4, 0.5) is 10.5 Å². The molecule has 1 aliphatic heterocycles. The maximum absolute atomic E-state index is 11.9. The van der Waals surface area contributed by atoms with E-state index in [2.05, 4.69) is 0 Å². The number of aryl methyl sites for hydroxylation is 1. The topological polar surface area (TPSA) is 66.8 Å². The maximum Gasteiger partial charge on any atom is 0.415 e. The van der Waals surface area contributed by atoms with Crippen molar-refractivity contribution in [2.24, 2.45) is 0 Å². The van der Waals surface area contributed by atoms with E-state index in [1.54, 1.807) is 11.8 Å². The average Bonchev–Trinajstić information content (AvgIpc) is 2.64. The van der Waals surface area contributed by atoms with E-state index in [0.717, 1.165) is 11.3 Å². The fourth-order valence-corrected chi connectivity index (χ4v) is 2.25. The van der Waals surface area contributed by atoms with Crippen molar-refractivity contribution in [2.75, 3.05) is 11.4 Å². The Morgan fingerprint density at radius 2 is 2.16 bits per heavy atom. The number of amides is 1. The van der Waals surface area contributed by atoms with E-state index in [-0.39, 0.29) is 6.42 Å². The van der Waals surface area contributed by atoms with Crippen molar-refractivity contribution < 1.29 is 19.4 Å². The molecule has 19 heavy (non-hydrogen) atoms. The van der Waals surface area contributed by atoms with E-state index in [4.69, 9.17) is 9.84 Å². The molecule has 1 fully saturated rings. The molecule has 5 heteroatoms. The van der Waals surface area contributed by atoms with E-state index in [9.17, 15) is 9.59 Å². The Kier molecular flexibility index (Phi) is 3.46. The number of ether oxygens (including phenoxy) is 1. The first kappa shape index (κ1) is 13.4. The zero-order chi connectivity index (χ0) is 14.0. The number of carboxylic acid groups (broad SMARTS) is 1. The van der Waals surface area contributed by atoms with Crippen molar-refractivity contribution in [3.8, 4) is 0 Å². The Balaban J connectivity index is 2.16. The molecule has 1 heterocycles. The van der Waals surface area contributed by atoms with Crippen LogP contribution in [0, 0.1) is 6.92 Å². The summed E-state index contributed by atoms with van der Waals surface area (Å²) in [5, 5.41) is 8.73. The van der Waals surface area contributed by atoms with E-state index >= 15 is 0 Å². The van der Waals surface area contributed by atoms with E-state index in [0.29, 0.717) is 13.0 Å². The van der Waals surface area contributed by atoms with Gasteiger partial charge in [0.05, 0.1) is 12.2 Å². The molecule has 0 spiro atoms. The van der Waals surface area contributed by atoms with Gasteiger partial charge >= 0.3 is 12.1 Å². The summed E-state index contributed by atoms with van der Waals surface area (Å²) in [6.07, 6.45) is -0.107. The highest BCUT2D eigenvalue weighted by molar-refractivity contribution is 5.91. The maximum atomic E-state index is 11.9. The van der Waals surface area contributed by atoms with E-state index < -0.39 is 17.7 Å². The summed E-state index contributed by atoms with van der Waals surface area (Å²) < 4.78 is 5.34. The number of rotatable bonds is 4. The second kappa shape index (κ2) is 4.91. The van der Waals surface area contributed by atoms with Crippen LogP contribution in [0.15, 0.2) is 24.3 Å². The molecule has 1 saturated heterocycles. The van der Waals surface area contributed by atoms with Crippen molar-refractivity contribution in [2.45, 2.75) is 32.3 Å². The average molecular weight is 263 g/mol. The van der Waals surface area contributed by atoms with Gasteiger partial charge in [0.25, 0.3) is 0 Å². The Labute approximate surface area is 111 Å². The van der Waals surface area contributed by atoms with Crippen LogP contribution < -0.4 is 4.90 Å². The molecule has 0 bridgehead atoms. The molecule has 1 amide bonds. The van der Waals surface area contributed by atoms with Gasteiger partial charge in [0.1, 0.15) is 5.60 Å². The molecule has 1 unspecified atom stereocenters. The zero-order valence-corrected chi connectivity index (χ0v) is 11.0. The summed E-state index contributed by atoms with van der Waals surface area (Å²) in [4.78, 5) is 24.1. The van der Waals surface area contributed by atoms with Crippen LogP contribution >= 0.6 is 0 Å². The first-order chi connectivity index (χ1) is 8.91. The fourth-order valence-electron chi connectivity index (χ4n) is 2.25. The number of nitrogens with zero attached hydrogens (tertiary/aromatic N) is 1. The van der Waals surface area contributed by atoms with E-state index in [1.807, 2.05) is 31.2 Å². The highest BCUT2D eigenvalue weighted by Gasteiger charge is 2.42. The van der Waals surface area contributed by atoms with Gasteiger partial charge in [-0.25, -0.2) is 4.79 Å². The second-order valence-corrected chi connectivity index (χ2v) is 5.08. The highest BCUT2D eigenvalue weighted by Crippen LogP contribution is 2.32. The summed E-state index contributed by atoms with van der Waals surface area (Å²) in [5.74, 6) is -0.883. The number of carbonyl (C=O) groups is 2. The molecule has 0 aliphatic carbocycles. The van der Waals surface area contributed by atoms with Gasteiger partial charge in [0, 0.05) is 6.42 Å². The SMILES string of the molecule is Cc1ccccc1N1CC(C)(CCC(=O)O)OC1=O. The van der Waals surface area contributed by atoms with Crippen LogP contribution in [0.3, 0.4) is 0 Å². The number of hydrogen-bond acceptors (Lipinski definition) is 3. The van der Waals surface area contributed by atoms with Crippen LogP contribution in [-0.4, -0.2) is 29.3 Å². The molecule has 1 aromatic rings. The molecule has 2 rings (SSSR count). The minimum atomic E-state index is -0.883.